The summed E-state index contributed by atoms with van der Waals surface area (Å²) in [4.78, 5) is 2.23. The zero-order valence-electron chi connectivity index (χ0n) is 16.5. The molecule has 0 aliphatic carbocycles. The summed E-state index contributed by atoms with van der Waals surface area (Å²) in [5, 5.41) is 0. The van der Waals surface area contributed by atoms with Crippen LogP contribution in [0.2, 0.25) is 0 Å². The average Bonchev–Trinajstić information content (AvgIpc) is 2.73. The fourth-order valence-corrected chi connectivity index (χ4v) is 3.69. The normalized spacial score (nSPS) is 15.8. The topological polar surface area (TPSA) is 21.7 Å². The van der Waals surface area contributed by atoms with Crippen LogP contribution >= 0.6 is 0 Å². The molecule has 3 aromatic carbocycles. The van der Waals surface area contributed by atoms with E-state index in [-0.39, 0.29) is 5.82 Å². The number of halogens is 1. The van der Waals surface area contributed by atoms with Crippen LogP contribution in [-0.2, 0) is 24.2 Å². The zero-order valence-corrected chi connectivity index (χ0v) is 16.5. The van der Waals surface area contributed by atoms with Gasteiger partial charge < -0.3 is 9.47 Å². The molecule has 4 rings (SSSR count). The number of para-hydroxylation sites is 1. The molecule has 0 amide bonds. The van der Waals surface area contributed by atoms with E-state index in [4.69, 9.17) is 9.47 Å². The summed E-state index contributed by atoms with van der Waals surface area (Å²) < 4.78 is 25.9. The van der Waals surface area contributed by atoms with Gasteiger partial charge in [-0.3, -0.25) is 4.90 Å². The van der Waals surface area contributed by atoms with E-state index in [9.17, 15) is 4.39 Å². The van der Waals surface area contributed by atoms with Crippen molar-refractivity contribution >= 4 is 0 Å². The second-order valence-corrected chi connectivity index (χ2v) is 7.37. The van der Waals surface area contributed by atoms with Gasteiger partial charge in [0.05, 0.1) is 13.2 Å². The van der Waals surface area contributed by atoms with E-state index in [1.54, 1.807) is 6.07 Å². The predicted octanol–water partition coefficient (Wildman–Crippen LogP) is 4.83. The summed E-state index contributed by atoms with van der Waals surface area (Å²) >= 11 is 0. The first-order chi connectivity index (χ1) is 14.3. The highest BCUT2D eigenvalue weighted by atomic mass is 19.1. The predicted molar refractivity (Wildman–Crippen MR) is 113 cm³/mol. The minimum absolute atomic E-state index is 0.161. The number of nitrogens with zero attached hydrogens (tertiary/aromatic N) is 1. The second kappa shape index (κ2) is 9.68. The van der Waals surface area contributed by atoms with Gasteiger partial charge in [-0.05, 0) is 28.8 Å². The fourth-order valence-electron chi connectivity index (χ4n) is 3.69. The first-order valence-corrected chi connectivity index (χ1v) is 10.1. The molecule has 1 heterocycles. The van der Waals surface area contributed by atoms with Gasteiger partial charge in [-0.25, -0.2) is 4.39 Å². The number of benzene rings is 3. The van der Waals surface area contributed by atoms with E-state index in [2.05, 4.69) is 35.2 Å². The molecule has 0 atom stereocenters. The minimum Gasteiger partial charge on any atom is -0.491 e. The lowest BCUT2D eigenvalue weighted by Crippen LogP contribution is -2.28. The van der Waals surface area contributed by atoms with E-state index < -0.39 is 0 Å². The molecular formula is C25H26FNO2. The maximum Gasteiger partial charge on any atom is 0.127 e. The lowest BCUT2D eigenvalue weighted by Gasteiger charge is -2.23. The standard InChI is InChI=1S/C25H26FNO2/c26-24-10-3-1-9-23(24)19-27-12-13-28-14-15-29-25-11-4-2-8-22(25)17-20-6-5-7-21(16-20)18-27/h1-11,16H,12-15,17-19H2. The summed E-state index contributed by atoms with van der Waals surface area (Å²) in [6, 6.07) is 23.8. The average molecular weight is 391 g/mol. The van der Waals surface area contributed by atoms with Crippen LogP contribution in [0.5, 0.6) is 5.75 Å². The molecule has 0 saturated heterocycles. The summed E-state index contributed by atoms with van der Waals surface area (Å²) in [6.07, 6.45) is 0.818. The van der Waals surface area contributed by atoms with Crippen LogP contribution in [0.4, 0.5) is 4.39 Å². The fraction of sp³-hybridized carbons (Fsp3) is 0.280. The van der Waals surface area contributed by atoms with E-state index in [0.717, 1.165) is 25.3 Å². The third kappa shape index (κ3) is 5.43. The molecule has 150 valence electrons. The minimum atomic E-state index is -0.161. The second-order valence-electron chi connectivity index (χ2n) is 7.37. The van der Waals surface area contributed by atoms with Gasteiger partial charge in [0.15, 0.2) is 0 Å². The van der Waals surface area contributed by atoms with Gasteiger partial charge >= 0.3 is 0 Å². The molecule has 2 bridgehead atoms. The Kier molecular flexibility index (Phi) is 6.55. The Hall–Kier alpha value is -2.69. The quantitative estimate of drug-likeness (QED) is 0.625. The molecule has 0 spiro atoms. The summed E-state index contributed by atoms with van der Waals surface area (Å²) in [5.74, 6) is 0.756. The number of fused-ring (bicyclic) bond motifs is 3. The number of ether oxygens (including phenoxy) is 2. The highest BCUT2D eigenvalue weighted by Gasteiger charge is 2.12. The maximum absolute atomic E-state index is 14.2. The van der Waals surface area contributed by atoms with E-state index in [1.807, 2.05) is 30.3 Å². The molecule has 1 aliphatic rings. The molecule has 1 aliphatic heterocycles. The van der Waals surface area contributed by atoms with Gasteiger partial charge in [-0.1, -0.05) is 60.7 Å². The summed E-state index contributed by atoms with van der Waals surface area (Å²) in [7, 11) is 0. The van der Waals surface area contributed by atoms with Crippen molar-refractivity contribution in [2.24, 2.45) is 0 Å². The Bertz CT molecular complexity index is 943. The van der Waals surface area contributed by atoms with Crippen molar-refractivity contribution in [1.82, 2.24) is 4.90 Å². The molecule has 29 heavy (non-hydrogen) atoms. The van der Waals surface area contributed by atoms with Crippen molar-refractivity contribution in [2.75, 3.05) is 26.4 Å². The molecule has 0 N–H and O–H groups in total. The van der Waals surface area contributed by atoms with Gasteiger partial charge in [0, 0.05) is 31.6 Å². The van der Waals surface area contributed by atoms with Crippen LogP contribution in [0.15, 0.2) is 72.8 Å². The molecule has 0 fully saturated rings. The summed E-state index contributed by atoms with van der Waals surface area (Å²) in [5.41, 5.74) is 4.35. The van der Waals surface area contributed by atoms with Gasteiger partial charge in [-0.15, -0.1) is 0 Å². The van der Waals surface area contributed by atoms with E-state index >= 15 is 0 Å². The summed E-state index contributed by atoms with van der Waals surface area (Å²) in [6.45, 7) is 3.68. The Morgan fingerprint density at radius 2 is 1.66 bits per heavy atom. The molecule has 0 radical (unpaired) electrons. The lowest BCUT2D eigenvalue weighted by molar-refractivity contribution is 0.0755. The Morgan fingerprint density at radius 1 is 0.828 bits per heavy atom. The third-order valence-electron chi connectivity index (χ3n) is 5.15. The van der Waals surface area contributed by atoms with E-state index in [1.165, 1.54) is 22.8 Å². The molecular weight excluding hydrogens is 365 g/mol. The monoisotopic (exact) mass is 391 g/mol. The van der Waals surface area contributed by atoms with Crippen LogP contribution in [-0.4, -0.2) is 31.3 Å². The SMILES string of the molecule is Fc1ccccc1CN1CCOCCOc2ccccc2Cc2cccc(c2)C1. The smallest absolute Gasteiger partial charge is 0.127 e. The molecule has 3 nitrogen and oxygen atoms in total. The van der Waals surface area contributed by atoms with Crippen LogP contribution in [0.3, 0.4) is 0 Å². The van der Waals surface area contributed by atoms with Crippen molar-refractivity contribution in [3.05, 3.63) is 101 Å². The van der Waals surface area contributed by atoms with Crippen molar-refractivity contribution < 1.29 is 13.9 Å². The highest BCUT2D eigenvalue weighted by molar-refractivity contribution is 5.38. The molecule has 0 unspecified atom stereocenters. The molecule has 4 heteroatoms. The number of hydrogen-bond acceptors (Lipinski definition) is 3. The molecule has 3 aromatic rings. The van der Waals surface area contributed by atoms with Crippen molar-refractivity contribution in [3.63, 3.8) is 0 Å². The van der Waals surface area contributed by atoms with Crippen LogP contribution < -0.4 is 4.74 Å². The van der Waals surface area contributed by atoms with Gasteiger partial charge in [0.1, 0.15) is 18.2 Å². The number of rotatable bonds is 2. The maximum atomic E-state index is 14.2. The molecule has 0 aromatic heterocycles. The van der Waals surface area contributed by atoms with Crippen molar-refractivity contribution in [2.45, 2.75) is 19.5 Å². The Balaban J connectivity index is 1.58. The van der Waals surface area contributed by atoms with Gasteiger partial charge in [0.25, 0.3) is 0 Å². The Morgan fingerprint density at radius 3 is 2.59 bits per heavy atom. The van der Waals surface area contributed by atoms with Crippen LogP contribution in [0.25, 0.3) is 0 Å². The first-order valence-electron chi connectivity index (χ1n) is 10.1. The first kappa shape index (κ1) is 19.6. The van der Waals surface area contributed by atoms with Crippen molar-refractivity contribution in [3.8, 4) is 5.75 Å². The zero-order chi connectivity index (χ0) is 19.9. The lowest BCUT2D eigenvalue weighted by atomic mass is 10.0. The third-order valence-corrected chi connectivity index (χ3v) is 5.15. The highest BCUT2D eigenvalue weighted by Crippen LogP contribution is 2.23. The van der Waals surface area contributed by atoms with Gasteiger partial charge in [0.2, 0.25) is 0 Å². The molecule has 0 saturated carbocycles. The number of hydrogen-bond donors (Lipinski definition) is 0. The van der Waals surface area contributed by atoms with Crippen molar-refractivity contribution in [1.29, 1.82) is 0 Å². The van der Waals surface area contributed by atoms with Crippen LogP contribution in [0.1, 0.15) is 22.3 Å². The van der Waals surface area contributed by atoms with Gasteiger partial charge in [-0.2, -0.15) is 0 Å². The van der Waals surface area contributed by atoms with E-state index in [0.29, 0.717) is 31.9 Å². The Labute approximate surface area is 171 Å². The largest absolute Gasteiger partial charge is 0.491 e. The van der Waals surface area contributed by atoms with Crippen LogP contribution in [0, 0.1) is 5.82 Å².